The summed E-state index contributed by atoms with van der Waals surface area (Å²) in [5.74, 6) is -0.0645. The number of aliphatic hydroxyl groups excluding tert-OH is 2. The van der Waals surface area contributed by atoms with Crippen LogP contribution in [0.4, 0.5) is 0 Å². The second kappa shape index (κ2) is 66.2. The van der Waals surface area contributed by atoms with Crippen LogP contribution in [0.3, 0.4) is 0 Å². The summed E-state index contributed by atoms with van der Waals surface area (Å²) < 4.78 is 0. The number of unbranched alkanes of at least 4 members (excludes halogenated alkanes) is 56. The third-order valence-electron chi connectivity index (χ3n) is 16.4. The minimum atomic E-state index is -0.861. The number of hydrogen-bond acceptors (Lipinski definition) is 3. The molecule has 74 heavy (non-hydrogen) atoms. The number of aliphatic hydroxyl groups is 2. The van der Waals surface area contributed by atoms with E-state index in [2.05, 4.69) is 31.3 Å². The largest absolute Gasteiger partial charge is 0.394 e. The molecule has 0 aliphatic carbocycles. The zero-order valence-electron chi connectivity index (χ0n) is 50.9. The SMILES string of the molecule is CCCCCCCCCCCCCCCCCCC/C=C/CC/C=C/C(O)C(CO)NC(=O)CCCCCCCCCCCCCCCCCCCCCCCCCCCCCCCCCCCCCCCCC. The molecule has 0 heterocycles. The fourth-order valence-electron chi connectivity index (χ4n) is 11.2. The van der Waals surface area contributed by atoms with Crippen LogP contribution in [0.2, 0.25) is 0 Å². The van der Waals surface area contributed by atoms with E-state index in [4.69, 9.17) is 0 Å². The van der Waals surface area contributed by atoms with Crippen LogP contribution in [-0.4, -0.2) is 34.9 Å². The molecule has 0 aromatic rings. The molecule has 0 aromatic carbocycles. The Kier molecular flexibility index (Phi) is 65.1. The molecule has 440 valence electrons. The first-order valence-electron chi connectivity index (χ1n) is 34.6. The highest BCUT2D eigenvalue weighted by Crippen LogP contribution is 2.19. The van der Waals surface area contributed by atoms with Crippen molar-refractivity contribution in [2.24, 2.45) is 0 Å². The monoisotopic (exact) mass is 1040 g/mol. The molecule has 2 unspecified atom stereocenters. The Morgan fingerprint density at radius 1 is 0.311 bits per heavy atom. The molecular weight excluding hydrogens is 903 g/mol. The average molecular weight is 1040 g/mol. The van der Waals surface area contributed by atoms with Gasteiger partial charge in [-0.05, 0) is 32.1 Å². The van der Waals surface area contributed by atoms with Crippen LogP contribution in [0.1, 0.15) is 399 Å². The van der Waals surface area contributed by atoms with Gasteiger partial charge in [0.1, 0.15) is 0 Å². The van der Waals surface area contributed by atoms with Gasteiger partial charge in [-0.2, -0.15) is 0 Å². The normalized spacial score (nSPS) is 12.8. The molecule has 1 amide bonds. The summed E-state index contributed by atoms with van der Waals surface area (Å²) in [6, 6.07) is -0.637. The zero-order chi connectivity index (χ0) is 53.4. The molecule has 0 rings (SSSR count). The first-order chi connectivity index (χ1) is 36.7. The lowest BCUT2D eigenvalue weighted by Gasteiger charge is -2.19. The van der Waals surface area contributed by atoms with Crippen molar-refractivity contribution in [2.45, 2.75) is 411 Å². The molecule has 2 atom stereocenters. The summed E-state index contributed by atoms with van der Waals surface area (Å²) in [5, 5.41) is 23.2. The quantitative estimate of drug-likeness (QED) is 0.0420. The van der Waals surface area contributed by atoms with E-state index in [1.54, 1.807) is 6.08 Å². The Morgan fingerprint density at radius 2 is 0.527 bits per heavy atom. The molecule has 3 N–H and O–H groups in total. The Morgan fingerprint density at radius 3 is 0.784 bits per heavy atom. The summed E-state index contributed by atoms with van der Waals surface area (Å²) in [4.78, 5) is 12.5. The second-order valence-corrected chi connectivity index (χ2v) is 24.0. The number of hydrogen-bond donors (Lipinski definition) is 3. The lowest BCUT2D eigenvalue weighted by Crippen LogP contribution is -2.45. The maximum Gasteiger partial charge on any atom is 0.220 e. The molecule has 4 nitrogen and oxygen atoms in total. The summed E-state index contributed by atoms with van der Waals surface area (Å²) in [6.45, 7) is 4.35. The Balaban J connectivity index is 3.39. The van der Waals surface area contributed by atoms with Gasteiger partial charge in [0.05, 0.1) is 18.8 Å². The van der Waals surface area contributed by atoms with E-state index in [-0.39, 0.29) is 12.5 Å². The van der Waals surface area contributed by atoms with Crippen LogP contribution in [0.5, 0.6) is 0 Å². The summed E-state index contributed by atoms with van der Waals surface area (Å²) in [5.41, 5.74) is 0. The molecule has 0 saturated heterocycles. The van der Waals surface area contributed by atoms with Crippen molar-refractivity contribution in [3.63, 3.8) is 0 Å². The van der Waals surface area contributed by atoms with Gasteiger partial charge >= 0.3 is 0 Å². The Bertz CT molecular complexity index is 1090. The zero-order valence-corrected chi connectivity index (χ0v) is 50.9. The number of carbonyl (C=O) groups is 1. The van der Waals surface area contributed by atoms with E-state index in [1.165, 1.54) is 347 Å². The fraction of sp³-hybridized carbons (Fsp3) is 0.929. The van der Waals surface area contributed by atoms with Gasteiger partial charge in [0.25, 0.3) is 0 Å². The lowest BCUT2D eigenvalue weighted by atomic mass is 10.0. The third-order valence-corrected chi connectivity index (χ3v) is 16.4. The van der Waals surface area contributed by atoms with Crippen LogP contribution < -0.4 is 5.32 Å². The van der Waals surface area contributed by atoms with Crippen LogP contribution >= 0.6 is 0 Å². The first-order valence-corrected chi connectivity index (χ1v) is 34.6. The fourth-order valence-corrected chi connectivity index (χ4v) is 11.2. The molecule has 0 aromatic heterocycles. The highest BCUT2D eigenvalue weighted by Gasteiger charge is 2.18. The molecule has 0 radical (unpaired) electrons. The molecule has 0 spiro atoms. The van der Waals surface area contributed by atoms with E-state index < -0.39 is 12.1 Å². The molecule has 0 aliphatic heterocycles. The van der Waals surface area contributed by atoms with E-state index in [0.29, 0.717) is 6.42 Å². The van der Waals surface area contributed by atoms with Gasteiger partial charge in [-0.3, -0.25) is 4.79 Å². The summed E-state index contributed by atoms with van der Waals surface area (Å²) >= 11 is 0. The van der Waals surface area contributed by atoms with Crippen molar-refractivity contribution < 1.29 is 15.0 Å². The number of nitrogens with one attached hydrogen (secondary N) is 1. The molecule has 0 bridgehead atoms. The minimum Gasteiger partial charge on any atom is -0.394 e. The molecule has 0 aliphatic rings. The maximum absolute atomic E-state index is 12.5. The van der Waals surface area contributed by atoms with Gasteiger partial charge in [-0.1, -0.05) is 385 Å². The van der Waals surface area contributed by atoms with Crippen LogP contribution in [0, 0.1) is 0 Å². The van der Waals surface area contributed by atoms with E-state index in [9.17, 15) is 15.0 Å². The standard InChI is InChI=1S/C70H137NO3/c1-3-5-7-9-11-13-15-17-19-21-23-25-27-28-29-30-31-32-33-34-35-36-37-38-39-40-41-42-44-46-48-50-52-54-56-58-60-62-64-66-70(74)71-68(67-72)69(73)65-63-61-59-57-55-53-51-49-47-45-43-26-24-22-20-18-16-14-12-10-8-6-4-2/h55,57,63,65,68-69,72-73H,3-54,56,58-62,64,66-67H2,1-2H3,(H,71,74)/b57-55+,65-63+. The Hall–Kier alpha value is -1.13. The predicted molar refractivity (Wildman–Crippen MR) is 332 cm³/mol. The van der Waals surface area contributed by atoms with Crippen molar-refractivity contribution in [3.8, 4) is 0 Å². The topological polar surface area (TPSA) is 69.6 Å². The number of amides is 1. The third kappa shape index (κ3) is 61.7. The maximum atomic E-state index is 12.5. The van der Waals surface area contributed by atoms with Crippen LogP contribution in [-0.2, 0) is 4.79 Å². The van der Waals surface area contributed by atoms with Gasteiger partial charge in [0.15, 0.2) is 0 Å². The average Bonchev–Trinajstić information content (AvgIpc) is 3.40. The Labute approximate surface area is 466 Å². The van der Waals surface area contributed by atoms with Crippen molar-refractivity contribution >= 4 is 5.91 Å². The summed E-state index contributed by atoms with van der Waals surface area (Å²) in [7, 11) is 0. The van der Waals surface area contributed by atoms with Gasteiger partial charge < -0.3 is 15.5 Å². The van der Waals surface area contributed by atoms with E-state index in [1.807, 2.05) is 6.08 Å². The van der Waals surface area contributed by atoms with E-state index >= 15 is 0 Å². The van der Waals surface area contributed by atoms with Crippen molar-refractivity contribution in [3.05, 3.63) is 24.3 Å². The highest BCUT2D eigenvalue weighted by atomic mass is 16.3. The second-order valence-electron chi connectivity index (χ2n) is 24.0. The van der Waals surface area contributed by atoms with E-state index in [0.717, 1.165) is 32.1 Å². The first kappa shape index (κ1) is 72.9. The van der Waals surface area contributed by atoms with Gasteiger partial charge in [-0.15, -0.1) is 0 Å². The van der Waals surface area contributed by atoms with Crippen molar-refractivity contribution in [1.82, 2.24) is 5.32 Å². The van der Waals surface area contributed by atoms with Crippen LogP contribution in [0.15, 0.2) is 24.3 Å². The molecular formula is C70H137NO3. The highest BCUT2D eigenvalue weighted by molar-refractivity contribution is 5.76. The molecule has 0 fully saturated rings. The van der Waals surface area contributed by atoms with Gasteiger partial charge in [-0.25, -0.2) is 0 Å². The minimum absolute atomic E-state index is 0.0645. The number of carbonyl (C=O) groups excluding carboxylic acids is 1. The molecule has 0 saturated carbocycles. The lowest BCUT2D eigenvalue weighted by molar-refractivity contribution is -0.123. The number of rotatable bonds is 65. The van der Waals surface area contributed by atoms with Crippen molar-refractivity contribution in [1.29, 1.82) is 0 Å². The van der Waals surface area contributed by atoms with Gasteiger partial charge in [0.2, 0.25) is 5.91 Å². The van der Waals surface area contributed by atoms with Gasteiger partial charge in [0, 0.05) is 6.42 Å². The predicted octanol–water partition coefficient (Wildman–Crippen LogP) is 23.4. The van der Waals surface area contributed by atoms with Crippen molar-refractivity contribution in [2.75, 3.05) is 6.61 Å². The summed E-state index contributed by atoms with van der Waals surface area (Å²) in [6.07, 6.45) is 89.9. The molecule has 4 heteroatoms. The smallest absolute Gasteiger partial charge is 0.220 e. The van der Waals surface area contributed by atoms with Crippen LogP contribution in [0.25, 0.3) is 0 Å². The number of allylic oxidation sites excluding steroid dienone is 3.